The van der Waals surface area contributed by atoms with Crippen molar-refractivity contribution in [2.75, 3.05) is 13.2 Å². The van der Waals surface area contributed by atoms with E-state index < -0.39 is 0 Å². The van der Waals surface area contributed by atoms with Crippen molar-refractivity contribution in [3.05, 3.63) is 53.2 Å². The maximum Gasteiger partial charge on any atom is 0.184 e. The molecule has 0 saturated carbocycles. The molecule has 0 amide bonds. The van der Waals surface area contributed by atoms with Crippen molar-refractivity contribution in [1.82, 2.24) is 5.16 Å². The summed E-state index contributed by atoms with van der Waals surface area (Å²) in [5.41, 5.74) is 1.21. The van der Waals surface area contributed by atoms with Gasteiger partial charge in [-0.3, -0.25) is 4.79 Å². The molecule has 0 aliphatic carbocycles. The van der Waals surface area contributed by atoms with Crippen LogP contribution in [0.2, 0.25) is 0 Å². The van der Waals surface area contributed by atoms with Crippen molar-refractivity contribution < 1.29 is 23.2 Å². The van der Waals surface area contributed by atoms with Crippen LogP contribution >= 0.6 is 0 Å². The van der Waals surface area contributed by atoms with Gasteiger partial charge in [-0.15, -0.1) is 0 Å². The number of rotatable bonds is 8. The van der Waals surface area contributed by atoms with Gasteiger partial charge in [0.2, 0.25) is 0 Å². The molecule has 1 aromatic carbocycles. The fraction of sp³-hybridized carbons (Fsp3) is 0.444. The van der Waals surface area contributed by atoms with Crippen LogP contribution in [0.3, 0.4) is 0 Å². The van der Waals surface area contributed by atoms with Gasteiger partial charge in [0.05, 0.1) is 6.61 Å². The van der Waals surface area contributed by atoms with E-state index in [9.17, 15) is 9.18 Å². The van der Waals surface area contributed by atoms with Crippen LogP contribution < -0.4 is 0 Å². The summed E-state index contributed by atoms with van der Waals surface area (Å²) < 4.78 is 28.7. The van der Waals surface area contributed by atoms with Gasteiger partial charge in [-0.1, -0.05) is 17.3 Å². The van der Waals surface area contributed by atoms with Crippen molar-refractivity contribution in [2.45, 2.75) is 32.5 Å². The highest BCUT2D eigenvalue weighted by Crippen LogP contribution is 2.19. The number of benzene rings is 1. The Morgan fingerprint density at radius 3 is 2.88 bits per heavy atom. The number of ether oxygens (including phenoxy) is 2. The Hall–Kier alpha value is -2.05. The van der Waals surface area contributed by atoms with E-state index >= 15 is 0 Å². The second kappa shape index (κ2) is 8.17. The molecule has 1 saturated heterocycles. The summed E-state index contributed by atoms with van der Waals surface area (Å²) in [5, 5.41) is 3.81. The standard InChI is InChI=1S/C18H20FNO4/c19-15-4-1-13(2-5-15)11-23-12-16-9-17(20-24-16)18(21)6-3-14-7-8-22-10-14/h1-2,4-5,9,14H,3,6-8,10-12H2. The van der Waals surface area contributed by atoms with E-state index in [1.807, 2.05) is 0 Å². The highest BCUT2D eigenvalue weighted by molar-refractivity contribution is 5.94. The van der Waals surface area contributed by atoms with Crippen molar-refractivity contribution in [3.8, 4) is 0 Å². The van der Waals surface area contributed by atoms with E-state index in [0.29, 0.717) is 30.4 Å². The molecule has 2 aromatic rings. The minimum atomic E-state index is -0.277. The molecule has 3 rings (SSSR count). The zero-order valence-electron chi connectivity index (χ0n) is 13.4. The van der Waals surface area contributed by atoms with Gasteiger partial charge in [-0.2, -0.15) is 0 Å². The van der Waals surface area contributed by atoms with E-state index in [0.717, 1.165) is 31.6 Å². The third-order valence-corrected chi connectivity index (χ3v) is 4.07. The average molecular weight is 333 g/mol. The number of halogens is 1. The Balaban J connectivity index is 1.42. The first-order valence-corrected chi connectivity index (χ1v) is 8.09. The smallest absolute Gasteiger partial charge is 0.184 e. The van der Waals surface area contributed by atoms with Gasteiger partial charge in [0, 0.05) is 25.7 Å². The first-order valence-electron chi connectivity index (χ1n) is 8.09. The molecule has 24 heavy (non-hydrogen) atoms. The van der Waals surface area contributed by atoms with Gasteiger partial charge in [-0.05, 0) is 36.5 Å². The molecule has 1 atom stereocenters. The average Bonchev–Trinajstić information content (AvgIpc) is 3.26. The lowest BCUT2D eigenvalue weighted by Gasteiger charge is -2.04. The molecule has 0 radical (unpaired) electrons. The quantitative estimate of drug-likeness (QED) is 0.692. The van der Waals surface area contributed by atoms with Crippen molar-refractivity contribution in [2.24, 2.45) is 5.92 Å². The third-order valence-electron chi connectivity index (χ3n) is 4.07. The molecular weight excluding hydrogens is 313 g/mol. The molecule has 1 fully saturated rings. The lowest BCUT2D eigenvalue weighted by atomic mass is 10.00. The fourth-order valence-corrected chi connectivity index (χ4v) is 2.64. The predicted molar refractivity (Wildman–Crippen MR) is 83.9 cm³/mol. The number of aromatic nitrogens is 1. The number of ketones is 1. The lowest BCUT2D eigenvalue weighted by molar-refractivity contribution is 0.0878. The second-order valence-corrected chi connectivity index (χ2v) is 5.99. The minimum Gasteiger partial charge on any atom is -0.381 e. The topological polar surface area (TPSA) is 61.6 Å². The van der Waals surface area contributed by atoms with Gasteiger partial charge in [0.15, 0.2) is 11.5 Å². The molecular formula is C18H20FNO4. The normalized spacial score (nSPS) is 17.3. The molecule has 5 nitrogen and oxygen atoms in total. The van der Waals surface area contributed by atoms with Crippen LogP contribution in [0.25, 0.3) is 0 Å². The highest BCUT2D eigenvalue weighted by Gasteiger charge is 2.19. The Bertz CT molecular complexity index is 662. The number of hydrogen-bond acceptors (Lipinski definition) is 5. The summed E-state index contributed by atoms with van der Waals surface area (Å²) in [6.45, 7) is 2.09. The minimum absolute atomic E-state index is 0.0181. The van der Waals surface area contributed by atoms with Gasteiger partial charge < -0.3 is 14.0 Å². The van der Waals surface area contributed by atoms with E-state index in [4.69, 9.17) is 14.0 Å². The van der Waals surface area contributed by atoms with Gasteiger partial charge in [0.25, 0.3) is 0 Å². The van der Waals surface area contributed by atoms with Gasteiger partial charge >= 0.3 is 0 Å². The maximum absolute atomic E-state index is 12.8. The first-order chi connectivity index (χ1) is 11.7. The van der Waals surface area contributed by atoms with Crippen molar-refractivity contribution >= 4 is 5.78 Å². The molecule has 0 bridgehead atoms. The summed E-state index contributed by atoms with van der Waals surface area (Å²) >= 11 is 0. The predicted octanol–water partition coefficient (Wildman–Crippen LogP) is 3.53. The monoisotopic (exact) mass is 333 g/mol. The highest BCUT2D eigenvalue weighted by atomic mass is 19.1. The van der Waals surface area contributed by atoms with Crippen LogP contribution in [0.5, 0.6) is 0 Å². The molecule has 1 aromatic heterocycles. The second-order valence-electron chi connectivity index (χ2n) is 5.99. The molecule has 0 spiro atoms. The largest absolute Gasteiger partial charge is 0.381 e. The number of nitrogens with zero attached hydrogens (tertiary/aromatic N) is 1. The van der Waals surface area contributed by atoms with E-state index in [1.165, 1.54) is 12.1 Å². The SMILES string of the molecule is O=C(CCC1CCOC1)c1cc(COCc2ccc(F)cc2)on1. The summed E-state index contributed by atoms with van der Waals surface area (Å²) in [6.07, 6.45) is 2.30. The summed E-state index contributed by atoms with van der Waals surface area (Å²) in [7, 11) is 0. The van der Waals surface area contributed by atoms with Gasteiger partial charge in [0.1, 0.15) is 18.1 Å². The zero-order chi connectivity index (χ0) is 16.8. The van der Waals surface area contributed by atoms with E-state index in [2.05, 4.69) is 5.16 Å². The van der Waals surface area contributed by atoms with E-state index in [-0.39, 0.29) is 18.2 Å². The van der Waals surface area contributed by atoms with Crippen molar-refractivity contribution in [3.63, 3.8) is 0 Å². The molecule has 2 heterocycles. The Morgan fingerprint density at radius 1 is 1.29 bits per heavy atom. The number of carbonyl (C=O) groups excluding carboxylic acids is 1. The zero-order valence-corrected chi connectivity index (χ0v) is 13.4. The maximum atomic E-state index is 12.8. The van der Waals surface area contributed by atoms with Gasteiger partial charge in [-0.25, -0.2) is 4.39 Å². The molecule has 128 valence electrons. The molecule has 1 aliphatic heterocycles. The van der Waals surface area contributed by atoms with Crippen LogP contribution in [0.15, 0.2) is 34.9 Å². The molecule has 1 unspecified atom stereocenters. The first kappa shape index (κ1) is 16.8. The van der Waals surface area contributed by atoms with Crippen LogP contribution in [0.4, 0.5) is 4.39 Å². The van der Waals surface area contributed by atoms with E-state index in [1.54, 1.807) is 18.2 Å². The summed E-state index contributed by atoms with van der Waals surface area (Å²) in [4.78, 5) is 12.1. The van der Waals surface area contributed by atoms with Crippen LogP contribution in [0.1, 0.15) is 41.1 Å². The van der Waals surface area contributed by atoms with Crippen molar-refractivity contribution in [1.29, 1.82) is 0 Å². The molecule has 1 aliphatic rings. The Labute approximate surface area is 139 Å². The Kier molecular flexibility index (Phi) is 5.72. The fourth-order valence-electron chi connectivity index (χ4n) is 2.64. The number of hydrogen-bond donors (Lipinski definition) is 0. The van der Waals surface area contributed by atoms with Crippen LogP contribution in [0, 0.1) is 11.7 Å². The molecule has 6 heteroatoms. The van der Waals surface area contributed by atoms with Crippen LogP contribution in [-0.4, -0.2) is 24.2 Å². The number of Topliss-reactive ketones (excluding diaryl/α,β-unsaturated/α-hetero) is 1. The molecule has 0 N–H and O–H groups in total. The third kappa shape index (κ3) is 4.72. The lowest BCUT2D eigenvalue weighted by Crippen LogP contribution is -2.05. The summed E-state index contributed by atoms with van der Waals surface area (Å²) in [6, 6.07) is 7.73. The Morgan fingerprint density at radius 2 is 2.12 bits per heavy atom. The number of carbonyl (C=O) groups is 1. The summed E-state index contributed by atoms with van der Waals surface area (Å²) in [5.74, 6) is 0.681. The van der Waals surface area contributed by atoms with Crippen LogP contribution in [-0.2, 0) is 22.7 Å².